The zero-order valence-electron chi connectivity index (χ0n) is 17.3. The molecular weight excluding hydrogens is 396 g/mol. The Bertz CT molecular complexity index is 783. The van der Waals surface area contributed by atoms with E-state index in [-0.39, 0.29) is 24.2 Å². The molecule has 1 saturated heterocycles. The highest BCUT2D eigenvalue weighted by molar-refractivity contribution is 5.95. The molecule has 160 valence electrons. The number of rotatable bonds is 7. The van der Waals surface area contributed by atoms with E-state index < -0.39 is 0 Å². The van der Waals surface area contributed by atoms with Crippen molar-refractivity contribution in [3.63, 3.8) is 0 Å². The standard InChI is InChI=1S/C20H28N4O4.ClH/c1-13(21-2)9-18-22-19(28-23-18)14-5-7-24(8-6-14)20(25)15-10-16(26-3)12-17(11-15)27-4;/h10-14,21H,5-9H2,1-4H3;1H. The number of likely N-dealkylation sites (tertiary alicyclic amines) is 1. The van der Waals surface area contributed by atoms with Gasteiger partial charge in [-0.3, -0.25) is 4.79 Å². The van der Waals surface area contributed by atoms with Crippen LogP contribution in [0.25, 0.3) is 0 Å². The number of aromatic nitrogens is 2. The third-order valence-corrected chi connectivity index (χ3v) is 5.20. The van der Waals surface area contributed by atoms with Gasteiger partial charge in [0.05, 0.1) is 14.2 Å². The number of carbonyl (C=O) groups is 1. The topological polar surface area (TPSA) is 89.7 Å². The molecule has 0 saturated carbocycles. The Morgan fingerprint density at radius 3 is 2.41 bits per heavy atom. The fourth-order valence-electron chi connectivity index (χ4n) is 3.34. The van der Waals surface area contributed by atoms with Crippen LogP contribution in [0, 0.1) is 0 Å². The molecule has 2 heterocycles. The van der Waals surface area contributed by atoms with Crippen molar-refractivity contribution in [2.45, 2.75) is 38.1 Å². The predicted molar refractivity (Wildman–Crippen MR) is 111 cm³/mol. The number of amides is 1. The SMILES string of the molecule is CNC(C)Cc1noc(C2CCN(C(=O)c3cc(OC)cc(OC)c3)CC2)n1.Cl. The van der Waals surface area contributed by atoms with Gasteiger partial charge in [-0.05, 0) is 38.9 Å². The summed E-state index contributed by atoms with van der Waals surface area (Å²) in [6.45, 7) is 3.37. The van der Waals surface area contributed by atoms with E-state index in [2.05, 4.69) is 22.4 Å². The molecule has 1 atom stereocenters. The Kier molecular flexibility index (Phi) is 8.28. The summed E-state index contributed by atoms with van der Waals surface area (Å²) < 4.78 is 16.0. The fourth-order valence-corrected chi connectivity index (χ4v) is 3.34. The van der Waals surface area contributed by atoms with E-state index in [0.717, 1.165) is 25.1 Å². The molecule has 9 heteroatoms. The highest BCUT2D eigenvalue weighted by Crippen LogP contribution is 2.29. The minimum absolute atomic E-state index is 0. The van der Waals surface area contributed by atoms with E-state index >= 15 is 0 Å². The molecule has 29 heavy (non-hydrogen) atoms. The molecule has 1 aliphatic rings. The van der Waals surface area contributed by atoms with Gasteiger partial charge in [0.2, 0.25) is 5.89 Å². The molecule has 3 rings (SSSR count). The van der Waals surface area contributed by atoms with Crippen molar-refractivity contribution in [3.8, 4) is 11.5 Å². The van der Waals surface area contributed by atoms with Crippen LogP contribution in [0.15, 0.2) is 22.7 Å². The number of ether oxygens (including phenoxy) is 2. The zero-order valence-corrected chi connectivity index (χ0v) is 18.1. The number of nitrogens with one attached hydrogen (secondary N) is 1. The summed E-state index contributed by atoms with van der Waals surface area (Å²) in [7, 11) is 5.06. The molecule has 1 unspecified atom stereocenters. The van der Waals surface area contributed by atoms with E-state index in [1.807, 2.05) is 11.9 Å². The van der Waals surface area contributed by atoms with Gasteiger partial charge in [-0.2, -0.15) is 4.98 Å². The lowest BCUT2D eigenvalue weighted by Crippen LogP contribution is -2.38. The third-order valence-electron chi connectivity index (χ3n) is 5.20. The molecule has 0 spiro atoms. The molecule has 1 aromatic carbocycles. The molecule has 1 fully saturated rings. The van der Waals surface area contributed by atoms with Gasteiger partial charge in [0.25, 0.3) is 5.91 Å². The van der Waals surface area contributed by atoms with E-state index in [0.29, 0.717) is 42.1 Å². The Labute approximate surface area is 177 Å². The van der Waals surface area contributed by atoms with Gasteiger partial charge >= 0.3 is 0 Å². The summed E-state index contributed by atoms with van der Waals surface area (Å²) in [5, 5.41) is 7.25. The van der Waals surface area contributed by atoms with Crippen molar-refractivity contribution in [2.75, 3.05) is 34.4 Å². The maximum atomic E-state index is 12.9. The first-order valence-corrected chi connectivity index (χ1v) is 9.56. The van der Waals surface area contributed by atoms with Crippen LogP contribution in [0.5, 0.6) is 11.5 Å². The minimum Gasteiger partial charge on any atom is -0.497 e. The van der Waals surface area contributed by atoms with Crippen LogP contribution in [0.3, 0.4) is 0 Å². The monoisotopic (exact) mass is 424 g/mol. The largest absolute Gasteiger partial charge is 0.497 e. The Morgan fingerprint density at radius 2 is 1.86 bits per heavy atom. The van der Waals surface area contributed by atoms with E-state index in [1.165, 1.54) is 0 Å². The number of nitrogens with zero attached hydrogens (tertiary/aromatic N) is 3. The zero-order chi connectivity index (χ0) is 20.1. The summed E-state index contributed by atoms with van der Waals surface area (Å²) >= 11 is 0. The Hall–Kier alpha value is -2.32. The molecule has 0 bridgehead atoms. The fraction of sp³-hybridized carbons (Fsp3) is 0.550. The van der Waals surface area contributed by atoms with Crippen LogP contribution >= 0.6 is 12.4 Å². The molecule has 8 nitrogen and oxygen atoms in total. The van der Waals surface area contributed by atoms with Gasteiger partial charge in [-0.1, -0.05) is 5.16 Å². The second-order valence-corrected chi connectivity index (χ2v) is 7.11. The number of hydrogen-bond acceptors (Lipinski definition) is 7. The maximum Gasteiger partial charge on any atom is 0.254 e. The second-order valence-electron chi connectivity index (χ2n) is 7.11. The third kappa shape index (κ3) is 5.61. The molecule has 2 aromatic rings. The molecule has 0 aliphatic carbocycles. The summed E-state index contributed by atoms with van der Waals surface area (Å²) in [4.78, 5) is 19.3. The highest BCUT2D eigenvalue weighted by atomic mass is 35.5. The first-order valence-electron chi connectivity index (χ1n) is 9.56. The molecular formula is C20H29ClN4O4. The van der Waals surface area contributed by atoms with Crippen LogP contribution in [-0.4, -0.2) is 61.3 Å². The average molecular weight is 425 g/mol. The quantitative estimate of drug-likeness (QED) is 0.730. The molecule has 1 amide bonds. The summed E-state index contributed by atoms with van der Waals surface area (Å²) in [6.07, 6.45) is 2.33. The number of carbonyl (C=O) groups excluding carboxylic acids is 1. The highest BCUT2D eigenvalue weighted by Gasteiger charge is 2.28. The van der Waals surface area contributed by atoms with Gasteiger partial charge in [-0.25, -0.2) is 0 Å². The number of benzene rings is 1. The minimum atomic E-state index is -0.0234. The smallest absolute Gasteiger partial charge is 0.254 e. The molecule has 1 aliphatic heterocycles. The van der Waals surface area contributed by atoms with Crippen LogP contribution in [0.2, 0.25) is 0 Å². The summed E-state index contributed by atoms with van der Waals surface area (Å²) in [5.74, 6) is 2.77. The van der Waals surface area contributed by atoms with Gasteiger partial charge in [-0.15, -0.1) is 12.4 Å². The van der Waals surface area contributed by atoms with Crippen molar-refractivity contribution in [1.29, 1.82) is 0 Å². The Morgan fingerprint density at radius 1 is 1.24 bits per heavy atom. The molecule has 0 radical (unpaired) electrons. The predicted octanol–water partition coefficient (Wildman–Crippen LogP) is 2.68. The molecule has 1 N–H and O–H groups in total. The van der Waals surface area contributed by atoms with E-state index in [9.17, 15) is 4.79 Å². The summed E-state index contributed by atoms with van der Waals surface area (Å²) in [5.41, 5.74) is 0.566. The Balaban J connectivity index is 0.00000300. The van der Waals surface area contributed by atoms with Crippen LogP contribution < -0.4 is 14.8 Å². The number of methoxy groups -OCH3 is 2. The average Bonchev–Trinajstić information content (AvgIpc) is 3.21. The number of likely N-dealkylation sites (N-methyl/N-ethyl adjacent to an activating group) is 1. The van der Waals surface area contributed by atoms with Gasteiger partial charge < -0.3 is 24.2 Å². The lowest BCUT2D eigenvalue weighted by atomic mass is 9.96. The number of hydrogen-bond donors (Lipinski definition) is 1. The van der Waals surface area contributed by atoms with Crippen molar-refractivity contribution in [1.82, 2.24) is 20.4 Å². The van der Waals surface area contributed by atoms with Gasteiger partial charge in [0.15, 0.2) is 5.82 Å². The first kappa shape index (κ1) is 23.0. The van der Waals surface area contributed by atoms with Gasteiger partial charge in [0.1, 0.15) is 11.5 Å². The summed E-state index contributed by atoms with van der Waals surface area (Å²) in [6, 6.07) is 5.53. The van der Waals surface area contributed by atoms with Crippen LogP contribution in [-0.2, 0) is 6.42 Å². The van der Waals surface area contributed by atoms with Crippen molar-refractivity contribution in [3.05, 3.63) is 35.5 Å². The van der Waals surface area contributed by atoms with Crippen LogP contribution in [0.4, 0.5) is 0 Å². The maximum absolute atomic E-state index is 12.9. The normalized spacial score (nSPS) is 15.5. The number of halogens is 1. The lowest BCUT2D eigenvalue weighted by Gasteiger charge is -2.30. The van der Waals surface area contributed by atoms with Gasteiger partial charge in [0, 0.05) is 43.1 Å². The van der Waals surface area contributed by atoms with E-state index in [1.54, 1.807) is 32.4 Å². The first-order chi connectivity index (χ1) is 13.5. The van der Waals surface area contributed by atoms with Crippen molar-refractivity contribution in [2.24, 2.45) is 0 Å². The molecule has 1 aromatic heterocycles. The van der Waals surface area contributed by atoms with E-state index in [4.69, 9.17) is 14.0 Å². The second kappa shape index (κ2) is 10.5. The van der Waals surface area contributed by atoms with Crippen LogP contribution in [0.1, 0.15) is 47.8 Å². The van der Waals surface area contributed by atoms with Crippen molar-refractivity contribution < 1.29 is 18.8 Å². The number of piperidine rings is 1. The lowest BCUT2D eigenvalue weighted by molar-refractivity contribution is 0.0703. The van der Waals surface area contributed by atoms with Crippen molar-refractivity contribution >= 4 is 18.3 Å².